The standard InChI is InChI=1S/C21H23ClN4O/c1-5-26(6-2)21(27)17-12-23-20-16(10-8-14(4)24-20)19(17)25-18-11-15(22)9-7-13(18)3/h7-12H,5-6H2,1-4H3,(H,23,24,25). The summed E-state index contributed by atoms with van der Waals surface area (Å²) in [4.78, 5) is 23.8. The van der Waals surface area contributed by atoms with Gasteiger partial charge in [0.1, 0.15) is 0 Å². The molecule has 3 rings (SSSR count). The molecule has 1 aromatic carbocycles. The lowest BCUT2D eigenvalue weighted by atomic mass is 10.1. The van der Waals surface area contributed by atoms with Crippen molar-refractivity contribution < 1.29 is 4.79 Å². The Morgan fingerprint density at radius 3 is 2.59 bits per heavy atom. The number of carbonyl (C=O) groups is 1. The molecule has 1 N–H and O–H groups in total. The Morgan fingerprint density at radius 1 is 1.15 bits per heavy atom. The predicted octanol–water partition coefficient (Wildman–Crippen LogP) is 5.13. The molecule has 6 heteroatoms. The van der Waals surface area contributed by atoms with Gasteiger partial charge in [0, 0.05) is 41.1 Å². The maximum Gasteiger partial charge on any atom is 0.257 e. The lowest BCUT2D eigenvalue weighted by molar-refractivity contribution is 0.0774. The molecule has 2 heterocycles. The zero-order valence-electron chi connectivity index (χ0n) is 16.0. The van der Waals surface area contributed by atoms with Crippen LogP contribution in [0.25, 0.3) is 11.0 Å². The lowest BCUT2D eigenvalue weighted by Gasteiger charge is -2.22. The first-order valence-corrected chi connectivity index (χ1v) is 9.41. The smallest absolute Gasteiger partial charge is 0.257 e. The van der Waals surface area contributed by atoms with Crippen LogP contribution in [0.4, 0.5) is 11.4 Å². The molecule has 0 atom stereocenters. The van der Waals surface area contributed by atoms with Gasteiger partial charge in [0.2, 0.25) is 0 Å². The molecule has 0 unspecified atom stereocenters. The number of aromatic nitrogens is 2. The summed E-state index contributed by atoms with van der Waals surface area (Å²) >= 11 is 6.18. The number of aryl methyl sites for hydroxylation is 2. The Bertz CT molecular complexity index is 999. The summed E-state index contributed by atoms with van der Waals surface area (Å²) < 4.78 is 0. The average molecular weight is 383 g/mol. The van der Waals surface area contributed by atoms with Gasteiger partial charge in [-0.25, -0.2) is 9.97 Å². The molecular weight excluding hydrogens is 360 g/mol. The first kappa shape index (κ1) is 19.1. The first-order valence-electron chi connectivity index (χ1n) is 9.03. The highest BCUT2D eigenvalue weighted by Gasteiger charge is 2.20. The Morgan fingerprint density at radius 2 is 1.89 bits per heavy atom. The van der Waals surface area contributed by atoms with E-state index in [9.17, 15) is 4.79 Å². The molecule has 0 aliphatic heterocycles. The fourth-order valence-corrected chi connectivity index (χ4v) is 3.19. The third-order valence-electron chi connectivity index (χ3n) is 4.61. The van der Waals surface area contributed by atoms with Crippen LogP contribution in [0.3, 0.4) is 0 Å². The minimum atomic E-state index is -0.0582. The SMILES string of the molecule is CCN(CC)C(=O)c1cnc2nc(C)ccc2c1Nc1cc(Cl)ccc1C. The lowest BCUT2D eigenvalue weighted by Crippen LogP contribution is -2.31. The number of nitrogens with zero attached hydrogens (tertiary/aromatic N) is 3. The van der Waals surface area contributed by atoms with E-state index in [-0.39, 0.29) is 5.91 Å². The Hall–Kier alpha value is -2.66. The number of rotatable bonds is 5. The molecule has 0 fully saturated rings. The van der Waals surface area contributed by atoms with Gasteiger partial charge in [-0.05, 0) is 57.5 Å². The number of nitrogens with one attached hydrogen (secondary N) is 1. The highest BCUT2D eigenvalue weighted by molar-refractivity contribution is 6.31. The fraction of sp³-hybridized carbons (Fsp3) is 0.286. The van der Waals surface area contributed by atoms with Crippen molar-refractivity contribution >= 4 is 39.9 Å². The molecule has 0 saturated carbocycles. The summed E-state index contributed by atoms with van der Waals surface area (Å²) in [6, 6.07) is 9.52. The van der Waals surface area contributed by atoms with Crippen LogP contribution in [-0.4, -0.2) is 33.9 Å². The molecule has 27 heavy (non-hydrogen) atoms. The highest BCUT2D eigenvalue weighted by atomic mass is 35.5. The van der Waals surface area contributed by atoms with E-state index >= 15 is 0 Å². The number of fused-ring (bicyclic) bond motifs is 1. The summed E-state index contributed by atoms with van der Waals surface area (Å²) in [6.45, 7) is 9.12. The summed E-state index contributed by atoms with van der Waals surface area (Å²) in [7, 11) is 0. The van der Waals surface area contributed by atoms with Gasteiger partial charge >= 0.3 is 0 Å². The van der Waals surface area contributed by atoms with Crippen molar-refractivity contribution in [1.82, 2.24) is 14.9 Å². The van der Waals surface area contributed by atoms with Crippen LogP contribution in [0.1, 0.15) is 35.5 Å². The molecule has 1 amide bonds. The Balaban J connectivity index is 2.21. The highest BCUT2D eigenvalue weighted by Crippen LogP contribution is 2.32. The largest absolute Gasteiger partial charge is 0.354 e. The summed E-state index contributed by atoms with van der Waals surface area (Å²) in [5, 5.41) is 4.85. The number of halogens is 1. The van der Waals surface area contributed by atoms with E-state index < -0.39 is 0 Å². The molecule has 3 aromatic rings. The topological polar surface area (TPSA) is 58.1 Å². The van der Waals surface area contributed by atoms with Gasteiger partial charge in [-0.15, -0.1) is 0 Å². The van der Waals surface area contributed by atoms with Gasteiger partial charge in [0.05, 0.1) is 11.3 Å². The second kappa shape index (κ2) is 7.92. The van der Waals surface area contributed by atoms with Crippen LogP contribution in [0.15, 0.2) is 36.5 Å². The predicted molar refractivity (Wildman–Crippen MR) is 111 cm³/mol. The maximum atomic E-state index is 13.1. The number of benzene rings is 1. The van der Waals surface area contributed by atoms with Crippen molar-refractivity contribution in [2.45, 2.75) is 27.7 Å². The number of anilines is 2. The fourth-order valence-electron chi connectivity index (χ4n) is 3.01. The van der Waals surface area contributed by atoms with Gasteiger partial charge in [-0.2, -0.15) is 0 Å². The Labute approximate surface area is 164 Å². The molecule has 0 radical (unpaired) electrons. The minimum absolute atomic E-state index is 0.0582. The van der Waals surface area contributed by atoms with E-state index in [2.05, 4.69) is 15.3 Å². The Kier molecular flexibility index (Phi) is 5.61. The average Bonchev–Trinajstić information content (AvgIpc) is 2.65. The molecule has 5 nitrogen and oxygen atoms in total. The van der Waals surface area contributed by atoms with E-state index in [1.807, 2.05) is 58.0 Å². The van der Waals surface area contributed by atoms with Crippen LogP contribution in [0.2, 0.25) is 5.02 Å². The van der Waals surface area contributed by atoms with Crippen molar-refractivity contribution in [2.75, 3.05) is 18.4 Å². The third kappa shape index (κ3) is 3.88. The number of hydrogen-bond acceptors (Lipinski definition) is 4. The number of amides is 1. The number of pyridine rings is 2. The van der Waals surface area contributed by atoms with Crippen molar-refractivity contribution in [3.8, 4) is 0 Å². The zero-order chi connectivity index (χ0) is 19.6. The van der Waals surface area contributed by atoms with E-state index in [1.54, 1.807) is 11.1 Å². The molecule has 0 spiro atoms. The summed E-state index contributed by atoms with van der Waals surface area (Å²) in [5.74, 6) is -0.0582. The van der Waals surface area contributed by atoms with Gasteiger partial charge in [-0.1, -0.05) is 17.7 Å². The van der Waals surface area contributed by atoms with Gasteiger partial charge in [-0.3, -0.25) is 4.79 Å². The van der Waals surface area contributed by atoms with E-state index in [0.717, 1.165) is 22.3 Å². The molecular formula is C21H23ClN4O. The summed E-state index contributed by atoms with van der Waals surface area (Å²) in [6.07, 6.45) is 1.61. The number of hydrogen-bond donors (Lipinski definition) is 1. The number of carbonyl (C=O) groups excluding carboxylic acids is 1. The van der Waals surface area contributed by atoms with Crippen molar-refractivity contribution in [2.24, 2.45) is 0 Å². The van der Waals surface area contributed by atoms with Gasteiger partial charge in [0.15, 0.2) is 5.65 Å². The van der Waals surface area contributed by atoms with Gasteiger partial charge < -0.3 is 10.2 Å². The van der Waals surface area contributed by atoms with Crippen molar-refractivity contribution in [3.63, 3.8) is 0 Å². The van der Waals surface area contributed by atoms with Crippen LogP contribution in [0.5, 0.6) is 0 Å². The third-order valence-corrected chi connectivity index (χ3v) is 4.84. The maximum absolute atomic E-state index is 13.1. The second-order valence-electron chi connectivity index (χ2n) is 6.43. The van der Waals surface area contributed by atoms with Crippen LogP contribution < -0.4 is 5.32 Å². The second-order valence-corrected chi connectivity index (χ2v) is 6.87. The quantitative estimate of drug-likeness (QED) is 0.664. The summed E-state index contributed by atoms with van der Waals surface area (Å²) in [5.41, 5.74) is 4.59. The minimum Gasteiger partial charge on any atom is -0.354 e. The molecule has 140 valence electrons. The van der Waals surface area contributed by atoms with E-state index in [1.165, 1.54) is 0 Å². The normalized spacial score (nSPS) is 10.9. The van der Waals surface area contributed by atoms with E-state index in [4.69, 9.17) is 11.6 Å². The van der Waals surface area contributed by atoms with Crippen molar-refractivity contribution in [1.29, 1.82) is 0 Å². The zero-order valence-corrected chi connectivity index (χ0v) is 16.8. The molecule has 0 saturated heterocycles. The van der Waals surface area contributed by atoms with Crippen LogP contribution >= 0.6 is 11.6 Å². The molecule has 0 bridgehead atoms. The molecule has 0 aliphatic rings. The van der Waals surface area contributed by atoms with Crippen molar-refractivity contribution in [3.05, 3.63) is 58.4 Å². The van der Waals surface area contributed by atoms with Crippen LogP contribution in [0, 0.1) is 13.8 Å². The van der Waals surface area contributed by atoms with E-state index in [0.29, 0.717) is 35.0 Å². The van der Waals surface area contributed by atoms with Crippen LogP contribution in [-0.2, 0) is 0 Å². The molecule has 0 aliphatic carbocycles. The van der Waals surface area contributed by atoms with Gasteiger partial charge in [0.25, 0.3) is 5.91 Å². The molecule has 2 aromatic heterocycles. The monoisotopic (exact) mass is 382 g/mol. The first-order chi connectivity index (χ1) is 12.9.